The molecule has 2 heterocycles. The second-order valence-corrected chi connectivity index (χ2v) is 9.06. The van der Waals surface area contributed by atoms with Crippen molar-refractivity contribution in [2.45, 2.75) is 37.2 Å². The molecule has 0 fully saturated rings. The molecule has 0 saturated heterocycles. The highest BCUT2D eigenvalue weighted by Gasteiger charge is 2.22. The number of amides is 1. The molecule has 0 spiro atoms. The number of aromatic nitrogens is 3. The molecule has 160 valence electrons. The van der Waals surface area contributed by atoms with Crippen LogP contribution in [0.25, 0.3) is 27.6 Å². The van der Waals surface area contributed by atoms with Gasteiger partial charge >= 0.3 is 0 Å². The van der Waals surface area contributed by atoms with Crippen LogP contribution in [0.4, 0.5) is 0 Å². The molecule has 5 aromatic rings. The summed E-state index contributed by atoms with van der Waals surface area (Å²) in [6.07, 6.45) is 0.701. The van der Waals surface area contributed by atoms with Crippen molar-refractivity contribution in [3.05, 3.63) is 83.9 Å². The van der Waals surface area contributed by atoms with Gasteiger partial charge in [0.05, 0.1) is 21.8 Å². The molecule has 0 bridgehead atoms. The Balaban J connectivity index is 1.49. The molecule has 1 amide bonds. The zero-order chi connectivity index (χ0) is 22.1. The summed E-state index contributed by atoms with van der Waals surface area (Å²) < 4.78 is 2.08. The van der Waals surface area contributed by atoms with Crippen LogP contribution in [-0.2, 0) is 11.3 Å². The Morgan fingerprint density at radius 2 is 1.69 bits per heavy atom. The highest BCUT2D eigenvalue weighted by atomic mass is 32.2. The van der Waals surface area contributed by atoms with Crippen molar-refractivity contribution in [3.8, 4) is 0 Å². The lowest BCUT2D eigenvalue weighted by molar-refractivity contribution is -0.120. The van der Waals surface area contributed by atoms with Crippen molar-refractivity contribution in [3.63, 3.8) is 0 Å². The molecule has 6 heteroatoms. The summed E-state index contributed by atoms with van der Waals surface area (Å²) in [6.45, 7) is 4.61. The van der Waals surface area contributed by atoms with Crippen LogP contribution in [0.2, 0.25) is 0 Å². The number of nitrogens with zero attached hydrogens (tertiary/aromatic N) is 3. The summed E-state index contributed by atoms with van der Waals surface area (Å²) in [6, 6.07) is 24.3. The molecule has 2 aromatic heterocycles. The maximum Gasteiger partial charge on any atom is 0.233 e. The van der Waals surface area contributed by atoms with Crippen LogP contribution in [-0.4, -0.2) is 25.5 Å². The van der Waals surface area contributed by atoms with Crippen LogP contribution < -0.4 is 5.32 Å². The molecule has 32 heavy (non-hydrogen) atoms. The average Bonchev–Trinajstić information content (AvgIpc) is 3.22. The monoisotopic (exact) mass is 440 g/mol. The fourth-order valence-electron chi connectivity index (χ4n) is 3.85. The number of imidazole rings is 1. The molecule has 1 atom stereocenters. The molecule has 0 aliphatic carbocycles. The van der Waals surface area contributed by atoms with Gasteiger partial charge in [-0.3, -0.25) is 9.20 Å². The molecule has 0 radical (unpaired) electrons. The highest BCUT2D eigenvalue weighted by Crippen LogP contribution is 2.31. The zero-order valence-corrected chi connectivity index (χ0v) is 18.9. The predicted molar refractivity (Wildman–Crippen MR) is 131 cm³/mol. The summed E-state index contributed by atoms with van der Waals surface area (Å²) in [5.41, 5.74) is 5.97. The molecule has 0 unspecified atom stereocenters. The largest absolute Gasteiger partial charge is 0.351 e. The second-order valence-electron chi connectivity index (χ2n) is 7.89. The van der Waals surface area contributed by atoms with Gasteiger partial charge < -0.3 is 5.32 Å². The summed E-state index contributed by atoms with van der Waals surface area (Å²) in [4.78, 5) is 22.8. The molecule has 1 N–H and O–H groups in total. The first-order chi connectivity index (χ1) is 15.6. The van der Waals surface area contributed by atoms with Crippen molar-refractivity contribution in [1.29, 1.82) is 0 Å². The number of fused-ring (bicyclic) bond motifs is 5. The minimum atomic E-state index is -0.251. The first-order valence-electron chi connectivity index (χ1n) is 10.8. The second kappa shape index (κ2) is 8.63. The molecular weight excluding hydrogens is 416 g/mol. The van der Waals surface area contributed by atoms with Crippen LogP contribution in [0.3, 0.4) is 0 Å². The van der Waals surface area contributed by atoms with Crippen LogP contribution >= 0.6 is 11.8 Å². The topological polar surface area (TPSA) is 59.3 Å². The van der Waals surface area contributed by atoms with E-state index in [9.17, 15) is 4.79 Å². The molecular formula is C26H24N4OS. The first kappa shape index (κ1) is 20.5. The Bertz CT molecular complexity index is 1430. The van der Waals surface area contributed by atoms with Crippen LogP contribution in [0.1, 0.15) is 24.5 Å². The van der Waals surface area contributed by atoms with E-state index in [0.717, 1.165) is 38.3 Å². The Labute approximate surface area is 190 Å². The third kappa shape index (κ3) is 3.82. The number of thioether (sulfide) groups is 1. The number of para-hydroxylation sites is 3. The van der Waals surface area contributed by atoms with E-state index in [1.165, 1.54) is 17.3 Å². The Morgan fingerprint density at radius 1 is 0.969 bits per heavy atom. The van der Waals surface area contributed by atoms with Crippen molar-refractivity contribution in [2.24, 2.45) is 0 Å². The number of hydrogen-bond acceptors (Lipinski definition) is 4. The van der Waals surface area contributed by atoms with E-state index in [4.69, 9.17) is 9.97 Å². The number of nitrogens with one attached hydrogen (secondary N) is 1. The van der Waals surface area contributed by atoms with Gasteiger partial charge in [0.15, 0.2) is 5.16 Å². The van der Waals surface area contributed by atoms with E-state index in [-0.39, 0.29) is 11.2 Å². The molecule has 0 aliphatic rings. The molecule has 0 aliphatic heterocycles. The highest BCUT2D eigenvalue weighted by molar-refractivity contribution is 8.00. The quantitative estimate of drug-likeness (QED) is 0.279. The Kier molecular flexibility index (Phi) is 5.53. The lowest BCUT2D eigenvalue weighted by atomic mass is 10.1. The number of carbonyl (C=O) groups is 1. The fraction of sp³-hybridized carbons (Fsp3) is 0.192. The maximum atomic E-state index is 13.0. The predicted octanol–water partition coefficient (Wildman–Crippen LogP) is 5.53. The summed E-state index contributed by atoms with van der Waals surface area (Å²) >= 11 is 1.50. The van der Waals surface area contributed by atoms with Gasteiger partial charge in [-0.25, -0.2) is 9.97 Å². The van der Waals surface area contributed by atoms with Crippen LogP contribution in [0, 0.1) is 6.92 Å². The van der Waals surface area contributed by atoms with Gasteiger partial charge in [0.25, 0.3) is 0 Å². The number of rotatable bonds is 6. The van der Waals surface area contributed by atoms with Crippen molar-refractivity contribution >= 4 is 45.3 Å². The minimum absolute atomic E-state index is 0.0191. The Hall–Kier alpha value is -3.38. The van der Waals surface area contributed by atoms with Crippen LogP contribution in [0.15, 0.2) is 78.0 Å². The molecule has 0 saturated carbocycles. The minimum Gasteiger partial charge on any atom is -0.351 e. The van der Waals surface area contributed by atoms with Gasteiger partial charge in [0, 0.05) is 11.9 Å². The summed E-state index contributed by atoms with van der Waals surface area (Å²) in [5, 5.41) is 4.63. The molecule has 5 rings (SSSR count). The maximum absolute atomic E-state index is 13.0. The summed E-state index contributed by atoms with van der Waals surface area (Å²) in [5.74, 6) is 0.0191. The van der Waals surface area contributed by atoms with E-state index in [2.05, 4.69) is 40.9 Å². The third-order valence-corrected chi connectivity index (χ3v) is 6.93. The average molecular weight is 441 g/mol. The van der Waals surface area contributed by atoms with Gasteiger partial charge in [-0.15, -0.1) is 0 Å². The molecule has 3 aromatic carbocycles. The Morgan fingerprint density at radius 3 is 2.47 bits per heavy atom. The van der Waals surface area contributed by atoms with Gasteiger partial charge in [-0.2, -0.15) is 0 Å². The summed E-state index contributed by atoms with van der Waals surface area (Å²) in [7, 11) is 0. The lowest BCUT2D eigenvalue weighted by Gasteiger charge is -2.16. The van der Waals surface area contributed by atoms with Crippen molar-refractivity contribution in [1.82, 2.24) is 19.7 Å². The normalized spacial score (nSPS) is 12.4. The van der Waals surface area contributed by atoms with E-state index >= 15 is 0 Å². The van der Waals surface area contributed by atoms with E-state index in [1.807, 2.05) is 55.5 Å². The smallest absolute Gasteiger partial charge is 0.233 e. The third-order valence-electron chi connectivity index (χ3n) is 5.61. The lowest BCUT2D eigenvalue weighted by Crippen LogP contribution is -2.32. The fourth-order valence-corrected chi connectivity index (χ4v) is 4.90. The van der Waals surface area contributed by atoms with E-state index < -0.39 is 0 Å². The number of aryl methyl sites for hydroxylation is 1. The number of hydrogen-bond donors (Lipinski definition) is 1. The van der Waals surface area contributed by atoms with Gasteiger partial charge in [-0.1, -0.05) is 72.8 Å². The SMILES string of the molecule is CC[C@H](Sc1nc2ccccc2c2nc3ccccc3n12)C(=O)NCc1ccc(C)cc1. The number of carbonyl (C=O) groups excluding carboxylic acids is 1. The van der Waals surface area contributed by atoms with Gasteiger partial charge in [0.2, 0.25) is 5.91 Å². The van der Waals surface area contributed by atoms with Crippen molar-refractivity contribution in [2.75, 3.05) is 0 Å². The van der Waals surface area contributed by atoms with Crippen molar-refractivity contribution < 1.29 is 4.79 Å². The first-order valence-corrected chi connectivity index (χ1v) is 11.7. The van der Waals surface area contributed by atoms with Gasteiger partial charge in [-0.05, 0) is 43.2 Å². The van der Waals surface area contributed by atoms with Gasteiger partial charge in [0.1, 0.15) is 5.65 Å². The van der Waals surface area contributed by atoms with E-state index in [0.29, 0.717) is 13.0 Å². The zero-order valence-electron chi connectivity index (χ0n) is 18.1. The number of benzene rings is 3. The van der Waals surface area contributed by atoms with Crippen LogP contribution in [0.5, 0.6) is 0 Å². The molecule has 5 nitrogen and oxygen atoms in total. The standard InChI is InChI=1S/C26H24N4OS/c1-3-23(25(31)27-16-18-14-12-17(2)13-15-18)32-26-29-20-9-5-4-8-19(20)24-28-21-10-6-7-11-22(21)30(24)26/h4-15,23H,3,16H2,1-2H3,(H,27,31)/t23-/m0/s1. The van der Waals surface area contributed by atoms with E-state index in [1.54, 1.807) is 0 Å².